The summed E-state index contributed by atoms with van der Waals surface area (Å²) in [6.45, 7) is 0.516. The summed E-state index contributed by atoms with van der Waals surface area (Å²) in [7, 11) is 0. The second-order valence-electron chi connectivity index (χ2n) is 5.50. The Labute approximate surface area is 173 Å². The molecule has 0 radical (unpaired) electrons. The van der Waals surface area contributed by atoms with Crippen molar-refractivity contribution in [3.05, 3.63) is 79.9 Å². The van der Waals surface area contributed by atoms with Crippen LogP contribution in [0.2, 0.25) is 5.02 Å². The van der Waals surface area contributed by atoms with Crippen LogP contribution in [0.25, 0.3) is 0 Å². The highest BCUT2D eigenvalue weighted by Gasteiger charge is 2.10. The van der Waals surface area contributed by atoms with Crippen molar-refractivity contribution in [3.8, 4) is 0 Å². The topological polar surface area (TPSA) is 85.0 Å². The van der Waals surface area contributed by atoms with Gasteiger partial charge in [0.05, 0.1) is 15.9 Å². The number of rotatable bonds is 5. The van der Waals surface area contributed by atoms with Gasteiger partial charge in [0, 0.05) is 29.0 Å². The number of hydrogen-bond donors (Lipinski definition) is 2. The van der Waals surface area contributed by atoms with Crippen LogP contribution in [0.5, 0.6) is 0 Å². The summed E-state index contributed by atoms with van der Waals surface area (Å²) in [6.07, 6.45) is 1.82. The minimum atomic E-state index is -0.455. The summed E-state index contributed by atoms with van der Waals surface area (Å²) in [5.41, 5.74) is 1.59. The Balaban J connectivity index is 1.65. The molecule has 0 amide bonds. The van der Waals surface area contributed by atoms with Crippen LogP contribution in [-0.2, 0) is 6.54 Å². The number of nitro benzene ring substituents is 1. The maximum absolute atomic E-state index is 10.7. The highest BCUT2D eigenvalue weighted by Crippen LogP contribution is 2.23. The summed E-state index contributed by atoms with van der Waals surface area (Å²) in [4.78, 5) is 10.2. The Morgan fingerprint density at radius 3 is 2.59 bits per heavy atom. The van der Waals surface area contributed by atoms with Crippen molar-refractivity contribution >= 4 is 62.1 Å². The van der Waals surface area contributed by atoms with E-state index in [4.69, 9.17) is 23.8 Å². The van der Waals surface area contributed by atoms with Gasteiger partial charge in [-0.2, -0.15) is 5.10 Å². The molecule has 27 heavy (non-hydrogen) atoms. The van der Waals surface area contributed by atoms with Crippen LogP contribution in [0, 0.1) is 10.1 Å². The molecule has 0 fully saturated rings. The molecule has 0 spiro atoms. The van der Waals surface area contributed by atoms with Crippen LogP contribution >= 0.6 is 39.7 Å². The van der Waals surface area contributed by atoms with Crippen molar-refractivity contribution in [2.24, 2.45) is 0 Å². The van der Waals surface area contributed by atoms with Gasteiger partial charge in [0.2, 0.25) is 0 Å². The number of non-ortho nitro benzene ring substituents is 1. The van der Waals surface area contributed by atoms with Crippen molar-refractivity contribution in [2.75, 3.05) is 10.6 Å². The number of halogens is 2. The maximum atomic E-state index is 10.7. The van der Waals surface area contributed by atoms with Gasteiger partial charge in [0.1, 0.15) is 0 Å². The lowest BCUT2D eigenvalue weighted by Gasteiger charge is -2.09. The average Bonchev–Trinajstić information content (AvgIpc) is 2.96. The molecule has 0 atom stereocenters. The van der Waals surface area contributed by atoms with E-state index in [1.807, 2.05) is 30.5 Å². The summed E-state index contributed by atoms with van der Waals surface area (Å²) >= 11 is 14.9. The first-order valence-electron chi connectivity index (χ1n) is 7.71. The van der Waals surface area contributed by atoms with E-state index in [0.29, 0.717) is 28.2 Å². The second-order valence-corrected chi connectivity index (χ2v) is 7.17. The number of nitrogens with zero attached hydrogens (tertiary/aromatic N) is 3. The average molecular weight is 467 g/mol. The summed E-state index contributed by atoms with van der Waals surface area (Å²) < 4.78 is 2.48. The molecule has 1 aromatic heterocycles. The van der Waals surface area contributed by atoms with E-state index in [0.717, 1.165) is 10.0 Å². The zero-order chi connectivity index (χ0) is 19.4. The van der Waals surface area contributed by atoms with Gasteiger partial charge in [-0.3, -0.25) is 14.8 Å². The van der Waals surface area contributed by atoms with Crippen molar-refractivity contribution < 1.29 is 4.92 Å². The summed E-state index contributed by atoms with van der Waals surface area (Å²) in [5.74, 6) is 0.543. The smallest absolute Gasteiger partial charge is 0.269 e. The number of nitrogens with one attached hydrogen (secondary N) is 2. The molecule has 0 bridgehead atoms. The standard InChI is InChI=1S/C17H13BrClN5O2S/c18-14-10-23(9-11-3-1-2-4-15(11)19)22-16(14)21-17(27)20-12-5-7-13(8-6-12)24(25)26/h1-8,10H,9H2,(H2,20,21,22,27). The molecule has 7 nitrogen and oxygen atoms in total. The van der Waals surface area contributed by atoms with E-state index < -0.39 is 4.92 Å². The molecule has 3 aromatic rings. The van der Waals surface area contributed by atoms with E-state index in [-0.39, 0.29) is 5.69 Å². The number of hydrogen-bond acceptors (Lipinski definition) is 4. The summed E-state index contributed by atoms with van der Waals surface area (Å²) in [5, 5.41) is 22.1. The molecule has 0 aliphatic rings. The first kappa shape index (κ1) is 19.3. The molecule has 1 heterocycles. The van der Waals surface area contributed by atoms with Gasteiger partial charge in [-0.1, -0.05) is 29.8 Å². The largest absolute Gasteiger partial charge is 0.332 e. The van der Waals surface area contributed by atoms with E-state index in [1.54, 1.807) is 16.8 Å². The van der Waals surface area contributed by atoms with Gasteiger partial charge in [-0.15, -0.1) is 0 Å². The fourth-order valence-electron chi connectivity index (χ4n) is 2.30. The van der Waals surface area contributed by atoms with E-state index in [9.17, 15) is 10.1 Å². The Bertz CT molecular complexity index is 993. The molecule has 0 saturated carbocycles. The molecule has 0 aliphatic heterocycles. The molecule has 0 saturated heterocycles. The molecular formula is C17H13BrClN5O2S. The highest BCUT2D eigenvalue weighted by molar-refractivity contribution is 9.10. The van der Waals surface area contributed by atoms with Crippen molar-refractivity contribution in [2.45, 2.75) is 6.54 Å². The fraction of sp³-hybridized carbons (Fsp3) is 0.0588. The minimum absolute atomic E-state index is 0.0143. The number of thiocarbonyl (C=S) groups is 1. The third kappa shape index (κ3) is 5.03. The van der Waals surface area contributed by atoms with Crippen LogP contribution < -0.4 is 10.6 Å². The van der Waals surface area contributed by atoms with Gasteiger partial charge in [0.25, 0.3) is 5.69 Å². The third-order valence-corrected chi connectivity index (χ3v) is 4.73. The minimum Gasteiger partial charge on any atom is -0.332 e. The van der Waals surface area contributed by atoms with Gasteiger partial charge in [-0.25, -0.2) is 0 Å². The van der Waals surface area contributed by atoms with Crippen LogP contribution in [0.4, 0.5) is 17.2 Å². The first-order valence-corrected chi connectivity index (χ1v) is 9.29. The van der Waals surface area contributed by atoms with Crippen LogP contribution in [0.1, 0.15) is 5.56 Å². The van der Waals surface area contributed by atoms with Gasteiger partial charge >= 0.3 is 0 Å². The molecular weight excluding hydrogens is 454 g/mol. The van der Waals surface area contributed by atoms with Crippen molar-refractivity contribution in [1.29, 1.82) is 0 Å². The molecule has 0 unspecified atom stereocenters. The van der Waals surface area contributed by atoms with Crippen LogP contribution in [-0.4, -0.2) is 19.8 Å². The SMILES string of the molecule is O=[N+]([O-])c1ccc(NC(=S)Nc2nn(Cc3ccccc3Cl)cc2Br)cc1. The predicted molar refractivity (Wildman–Crippen MR) is 113 cm³/mol. The van der Waals surface area contributed by atoms with E-state index >= 15 is 0 Å². The number of anilines is 2. The predicted octanol–water partition coefficient (Wildman–Crippen LogP) is 5.06. The lowest BCUT2D eigenvalue weighted by molar-refractivity contribution is -0.384. The number of benzene rings is 2. The van der Waals surface area contributed by atoms with E-state index in [2.05, 4.69) is 31.7 Å². The molecule has 10 heteroatoms. The van der Waals surface area contributed by atoms with Gasteiger partial charge < -0.3 is 10.6 Å². The Hall–Kier alpha value is -2.49. The normalized spacial score (nSPS) is 10.4. The van der Waals surface area contributed by atoms with Crippen LogP contribution in [0.3, 0.4) is 0 Å². The lowest BCUT2D eigenvalue weighted by Crippen LogP contribution is -2.19. The fourth-order valence-corrected chi connectivity index (χ4v) is 3.13. The molecule has 0 aliphatic carbocycles. The Morgan fingerprint density at radius 1 is 1.22 bits per heavy atom. The Kier molecular flexibility index (Phi) is 6.04. The maximum Gasteiger partial charge on any atom is 0.269 e. The first-order chi connectivity index (χ1) is 12.9. The second kappa shape index (κ2) is 8.47. The number of aromatic nitrogens is 2. The van der Waals surface area contributed by atoms with Gasteiger partial charge in [0.15, 0.2) is 10.9 Å². The monoisotopic (exact) mass is 465 g/mol. The zero-order valence-corrected chi connectivity index (χ0v) is 16.9. The molecule has 2 aromatic carbocycles. The molecule has 2 N–H and O–H groups in total. The zero-order valence-electron chi connectivity index (χ0n) is 13.7. The van der Waals surface area contributed by atoms with Gasteiger partial charge in [-0.05, 0) is 51.9 Å². The Morgan fingerprint density at radius 2 is 1.93 bits per heavy atom. The summed E-state index contributed by atoms with van der Waals surface area (Å²) in [6, 6.07) is 13.5. The quantitative estimate of drug-likeness (QED) is 0.310. The number of nitro groups is 1. The van der Waals surface area contributed by atoms with Crippen molar-refractivity contribution in [1.82, 2.24) is 9.78 Å². The molecule has 138 valence electrons. The third-order valence-electron chi connectivity index (χ3n) is 3.58. The highest BCUT2D eigenvalue weighted by atomic mass is 79.9. The lowest BCUT2D eigenvalue weighted by atomic mass is 10.2. The van der Waals surface area contributed by atoms with E-state index in [1.165, 1.54) is 12.1 Å². The van der Waals surface area contributed by atoms with Crippen LogP contribution in [0.15, 0.2) is 59.2 Å². The molecule has 3 rings (SSSR count). The van der Waals surface area contributed by atoms with Crippen molar-refractivity contribution in [3.63, 3.8) is 0 Å².